The number of allylic oxidation sites excluding steroid dienone is 1. The standard InChI is InChI=1S/C17H22O6/c1-3-9-20-17-15(21-10-13-7-5-4-6-8-13)12(2)14(19)16(23-17)22-11-18/h3-9,11-12,14-17,19H,10H2,1-2H3/b9-3+/t12-,14-,15?,16?,17+/m0/s1. The van der Waals surface area contributed by atoms with Gasteiger partial charge in [0.2, 0.25) is 12.6 Å². The predicted molar refractivity (Wildman–Crippen MR) is 81.9 cm³/mol. The van der Waals surface area contributed by atoms with Crippen molar-refractivity contribution in [1.29, 1.82) is 0 Å². The zero-order valence-electron chi connectivity index (χ0n) is 13.2. The number of hydrogen-bond acceptors (Lipinski definition) is 6. The lowest BCUT2D eigenvalue weighted by Gasteiger charge is -2.41. The van der Waals surface area contributed by atoms with E-state index in [0.29, 0.717) is 6.61 Å². The van der Waals surface area contributed by atoms with Gasteiger partial charge < -0.3 is 19.3 Å². The predicted octanol–water partition coefficient (Wildman–Crippen LogP) is 1.97. The van der Waals surface area contributed by atoms with Crippen LogP contribution >= 0.6 is 0 Å². The minimum Gasteiger partial charge on any atom is -0.470 e. The zero-order chi connectivity index (χ0) is 16.7. The molecule has 5 atom stereocenters. The normalized spacial score (nSPS) is 31.0. The molecule has 0 amide bonds. The van der Waals surface area contributed by atoms with Gasteiger partial charge in [-0.15, -0.1) is 0 Å². The van der Waals surface area contributed by atoms with Crippen molar-refractivity contribution < 1.29 is 28.8 Å². The van der Waals surface area contributed by atoms with Gasteiger partial charge >= 0.3 is 0 Å². The molecule has 1 saturated heterocycles. The summed E-state index contributed by atoms with van der Waals surface area (Å²) in [5.74, 6) is -0.340. The maximum Gasteiger partial charge on any atom is 0.295 e. The van der Waals surface area contributed by atoms with E-state index < -0.39 is 24.8 Å². The fourth-order valence-corrected chi connectivity index (χ4v) is 2.41. The molecule has 1 N–H and O–H groups in total. The Morgan fingerprint density at radius 3 is 2.61 bits per heavy atom. The van der Waals surface area contributed by atoms with Crippen LogP contribution in [0.3, 0.4) is 0 Å². The lowest BCUT2D eigenvalue weighted by molar-refractivity contribution is -0.326. The number of hydrogen-bond donors (Lipinski definition) is 1. The van der Waals surface area contributed by atoms with Crippen LogP contribution in [0.2, 0.25) is 0 Å². The quantitative estimate of drug-likeness (QED) is 0.611. The maximum atomic E-state index is 10.5. The van der Waals surface area contributed by atoms with Gasteiger partial charge in [0.15, 0.2) is 0 Å². The van der Waals surface area contributed by atoms with Crippen LogP contribution in [0.15, 0.2) is 42.7 Å². The number of ether oxygens (including phenoxy) is 4. The molecule has 1 fully saturated rings. The Labute approximate surface area is 135 Å². The molecule has 0 spiro atoms. The van der Waals surface area contributed by atoms with E-state index in [4.69, 9.17) is 18.9 Å². The van der Waals surface area contributed by atoms with Crippen molar-refractivity contribution in [1.82, 2.24) is 0 Å². The summed E-state index contributed by atoms with van der Waals surface area (Å²) in [7, 11) is 0. The SMILES string of the molecule is C/C=C/O[C@@H]1OC(OC=O)[C@@H](O)[C@H](C)C1OCc1ccccc1. The molecule has 0 aliphatic carbocycles. The van der Waals surface area contributed by atoms with Crippen molar-refractivity contribution >= 4 is 6.47 Å². The van der Waals surface area contributed by atoms with Crippen LogP contribution in [0.5, 0.6) is 0 Å². The monoisotopic (exact) mass is 322 g/mol. The Morgan fingerprint density at radius 1 is 1.22 bits per heavy atom. The number of aliphatic hydroxyl groups excluding tert-OH is 1. The number of carbonyl (C=O) groups is 1. The molecule has 0 bridgehead atoms. The summed E-state index contributed by atoms with van der Waals surface area (Å²) in [6.45, 7) is 4.22. The lowest BCUT2D eigenvalue weighted by Crippen LogP contribution is -2.55. The Bertz CT molecular complexity index is 503. The molecular formula is C17H22O6. The Kier molecular flexibility index (Phi) is 6.58. The lowest BCUT2D eigenvalue weighted by atomic mass is 9.94. The largest absolute Gasteiger partial charge is 0.470 e. The Morgan fingerprint density at radius 2 is 1.96 bits per heavy atom. The van der Waals surface area contributed by atoms with Crippen LogP contribution in [0, 0.1) is 5.92 Å². The first-order valence-corrected chi connectivity index (χ1v) is 7.52. The molecule has 6 heteroatoms. The van der Waals surface area contributed by atoms with E-state index in [-0.39, 0.29) is 12.4 Å². The molecule has 1 heterocycles. The number of benzene rings is 1. The Hall–Kier alpha value is -1.89. The summed E-state index contributed by atoms with van der Waals surface area (Å²) >= 11 is 0. The van der Waals surface area contributed by atoms with Crippen molar-refractivity contribution in [3.63, 3.8) is 0 Å². The number of carbonyl (C=O) groups excluding carboxylic acids is 1. The first kappa shape index (κ1) is 17.5. The second-order valence-corrected chi connectivity index (χ2v) is 5.32. The average molecular weight is 322 g/mol. The minimum absolute atomic E-state index is 0.248. The third-order valence-electron chi connectivity index (χ3n) is 3.70. The van der Waals surface area contributed by atoms with Crippen molar-refractivity contribution in [2.24, 2.45) is 5.92 Å². The van der Waals surface area contributed by atoms with E-state index in [2.05, 4.69) is 0 Å². The average Bonchev–Trinajstić information content (AvgIpc) is 2.58. The molecule has 0 aromatic heterocycles. The van der Waals surface area contributed by atoms with Crippen molar-refractivity contribution in [2.45, 2.75) is 45.2 Å². The molecule has 6 nitrogen and oxygen atoms in total. The molecule has 2 rings (SSSR count). The van der Waals surface area contributed by atoms with Crippen molar-refractivity contribution in [2.75, 3.05) is 0 Å². The van der Waals surface area contributed by atoms with E-state index in [0.717, 1.165) is 5.56 Å². The van der Waals surface area contributed by atoms with Crippen LogP contribution in [0.1, 0.15) is 19.4 Å². The zero-order valence-corrected chi connectivity index (χ0v) is 13.2. The molecule has 1 aromatic rings. The summed E-state index contributed by atoms with van der Waals surface area (Å²) in [4.78, 5) is 10.5. The van der Waals surface area contributed by atoms with Gasteiger partial charge in [0.25, 0.3) is 6.47 Å². The first-order chi connectivity index (χ1) is 11.2. The third kappa shape index (κ3) is 4.54. The Balaban J connectivity index is 2.07. The number of rotatable bonds is 7. The van der Waals surface area contributed by atoms with Crippen LogP contribution in [-0.2, 0) is 30.3 Å². The molecular weight excluding hydrogens is 300 g/mol. The van der Waals surface area contributed by atoms with Gasteiger partial charge in [-0.05, 0) is 12.5 Å². The van der Waals surface area contributed by atoms with E-state index in [1.54, 1.807) is 19.9 Å². The van der Waals surface area contributed by atoms with Gasteiger partial charge in [-0.3, -0.25) is 9.53 Å². The summed E-state index contributed by atoms with van der Waals surface area (Å²) in [6.07, 6.45) is -0.165. The fourth-order valence-electron chi connectivity index (χ4n) is 2.41. The molecule has 2 unspecified atom stereocenters. The highest BCUT2D eigenvalue weighted by Crippen LogP contribution is 2.30. The van der Waals surface area contributed by atoms with E-state index in [1.807, 2.05) is 30.3 Å². The van der Waals surface area contributed by atoms with Gasteiger partial charge in [-0.2, -0.15) is 0 Å². The molecule has 0 saturated carbocycles. The summed E-state index contributed by atoms with van der Waals surface area (Å²) < 4.78 is 21.7. The highest BCUT2D eigenvalue weighted by molar-refractivity contribution is 5.37. The molecule has 1 aliphatic rings. The summed E-state index contributed by atoms with van der Waals surface area (Å²) in [5, 5.41) is 10.2. The summed E-state index contributed by atoms with van der Waals surface area (Å²) in [5.41, 5.74) is 1.00. The molecule has 1 aliphatic heterocycles. The van der Waals surface area contributed by atoms with Crippen LogP contribution in [0.25, 0.3) is 0 Å². The maximum absolute atomic E-state index is 10.5. The molecule has 23 heavy (non-hydrogen) atoms. The fraction of sp³-hybridized carbons (Fsp3) is 0.471. The van der Waals surface area contributed by atoms with Crippen molar-refractivity contribution in [3.05, 3.63) is 48.2 Å². The summed E-state index contributed by atoms with van der Waals surface area (Å²) in [6, 6.07) is 9.68. The van der Waals surface area contributed by atoms with Gasteiger partial charge in [0.05, 0.1) is 12.9 Å². The van der Waals surface area contributed by atoms with E-state index in [9.17, 15) is 9.90 Å². The van der Waals surface area contributed by atoms with Crippen LogP contribution in [-0.4, -0.2) is 36.4 Å². The number of aliphatic hydroxyl groups is 1. The van der Waals surface area contributed by atoms with Crippen LogP contribution in [0.4, 0.5) is 0 Å². The minimum atomic E-state index is -1.07. The van der Waals surface area contributed by atoms with Gasteiger partial charge in [-0.25, -0.2) is 0 Å². The molecule has 1 aromatic carbocycles. The highest BCUT2D eigenvalue weighted by Gasteiger charge is 2.45. The third-order valence-corrected chi connectivity index (χ3v) is 3.70. The molecule has 0 radical (unpaired) electrons. The topological polar surface area (TPSA) is 74.2 Å². The smallest absolute Gasteiger partial charge is 0.295 e. The second kappa shape index (κ2) is 8.67. The van der Waals surface area contributed by atoms with Gasteiger partial charge in [0, 0.05) is 5.92 Å². The van der Waals surface area contributed by atoms with E-state index in [1.165, 1.54) is 6.26 Å². The van der Waals surface area contributed by atoms with E-state index >= 15 is 0 Å². The first-order valence-electron chi connectivity index (χ1n) is 7.52. The highest BCUT2D eigenvalue weighted by atomic mass is 16.8. The molecule has 126 valence electrons. The van der Waals surface area contributed by atoms with Gasteiger partial charge in [0.1, 0.15) is 12.2 Å². The van der Waals surface area contributed by atoms with Crippen molar-refractivity contribution in [3.8, 4) is 0 Å². The van der Waals surface area contributed by atoms with Gasteiger partial charge in [-0.1, -0.05) is 43.3 Å². The second-order valence-electron chi connectivity index (χ2n) is 5.32. The van der Waals surface area contributed by atoms with Crippen LogP contribution < -0.4 is 0 Å².